The first-order valence-electron chi connectivity index (χ1n) is 9.57. The van der Waals surface area contributed by atoms with Crippen molar-refractivity contribution in [3.8, 4) is 0 Å². The third-order valence-corrected chi connectivity index (χ3v) is 5.24. The monoisotopic (exact) mass is 370 g/mol. The molecule has 6 heteroatoms. The summed E-state index contributed by atoms with van der Waals surface area (Å²) in [5.74, 6) is 1.92. The second kappa shape index (κ2) is 7.82. The van der Waals surface area contributed by atoms with E-state index in [-0.39, 0.29) is 12.6 Å². The van der Waals surface area contributed by atoms with Crippen LogP contribution >= 0.6 is 0 Å². The topological polar surface area (TPSA) is 81.5 Å². The van der Waals surface area contributed by atoms with Crippen molar-refractivity contribution < 1.29 is 10.2 Å². The van der Waals surface area contributed by atoms with Crippen LogP contribution in [-0.4, -0.2) is 39.4 Å². The van der Waals surface area contributed by atoms with Gasteiger partial charge in [-0.2, -0.15) is 0 Å². The Morgan fingerprint density at radius 2 is 1.96 bits per heavy atom. The van der Waals surface area contributed by atoms with E-state index >= 15 is 0 Å². The van der Waals surface area contributed by atoms with Crippen molar-refractivity contribution in [2.75, 3.05) is 23.4 Å². The first-order chi connectivity index (χ1) is 12.8. The maximum Gasteiger partial charge on any atom is 0.134 e. The summed E-state index contributed by atoms with van der Waals surface area (Å²) in [6.45, 7) is 9.49. The minimum atomic E-state index is -0.820. The molecular formula is C21H30N4O2. The number of aliphatic hydroxyl groups excluding tert-OH is 1. The number of hydrogen-bond donors (Lipinski definition) is 3. The molecule has 1 aromatic carbocycles. The van der Waals surface area contributed by atoms with Crippen LogP contribution in [0.25, 0.3) is 0 Å². The Labute approximate surface area is 161 Å². The van der Waals surface area contributed by atoms with Crippen LogP contribution in [0.1, 0.15) is 44.4 Å². The molecule has 0 spiro atoms. The van der Waals surface area contributed by atoms with Crippen LogP contribution in [0.5, 0.6) is 0 Å². The average molecular weight is 370 g/mol. The van der Waals surface area contributed by atoms with Crippen molar-refractivity contribution in [2.24, 2.45) is 5.92 Å². The lowest BCUT2D eigenvalue weighted by molar-refractivity contribution is 0.0785. The standard InChI is InChI=1S/C21H30N4O2/c1-14(2)18(12-26)24-19-10-20(23-13-22-19)25-8-7-15-9-17(21(3,4)27)6-5-16(15)11-25/h5-6,9-10,13-14,18,26-27H,7-8,11-12H2,1-4H3,(H,22,23,24)/t18-/m0/s1. The molecule has 27 heavy (non-hydrogen) atoms. The average Bonchev–Trinajstić information content (AvgIpc) is 2.64. The molecule has 1 aliphatic heterocycles. The fourth-order valence-corrected chi connectivity index (χ4v) is 3.34. The molecule has 2 aromatic rings. The van der Waals surface area contributed by atoms with Crippen LogP contribution in [0.15, 0.2) is 30.6 Å². The van der Waals surface area contributed by atoms with E-state index in [1.54, 1.807) is 6.33 Å². The van der Waals surface area contributed by atoms with Crippen LogP contribution in [-0.2, 0) is 18.6 Å². The molecule has 0 saturated carbocycles. The number of fused-ring (bicyclic) bond motifs is 1. The summed E-state index contributed by atoms with van der Waals surface area (Å²) >= 11 is 0. The molecule has 0 amide bonds. The highest BCUT2D eigenvalue weighted by molar-refractivity contribution is 5.51. The van der Waals surface area contributed by atoms with E-state index in [1.807, 2.05) is 26.0 Å². The van der Waals surface area contributed by atoms with Gasteiger partial charge in [-0.15, -0.1) is 0 Å². The van der Waals surface area contributed by atoms with Gasteiger partial charge in [0.15, 0.2) is 0 Å². The molecule has 3 rings (SSSR count). The van der Waals surface area contributed by atoms with E-state index in [0.717, 1.165) is 36.7 Å². The van der Waals surface area contributed by atoms with Crippen LogP contribution in [0, 0.1) is 5.92 Å². The predicted molar refractivity (Wildman–Crippen MR) is 108 cm³/mol. The van der Waals surface area contributed by atoms with Gasteiger partial charge < -0.3 is 20.4 Å². The highest BCUT2D eigenvalue weighted by Gasteiger charge is 2.22. The molecule has 0 unspecified atom stereocenters. The minimum absolute atomic E-state index is 0.0323. The molecule has 0 radical (unpaired) electrons. The van der Waals surface area contributed by atoms with Gasteiger partial charge >= 0.3 is 0 Å². The quantitative estimate of drug-likeness (QED) is 0.725. The van der Waals surface area contributed by atoms with Gasteiger partial charge in [-0.3, -0.25) is 0 Å². The maximum atomic E-state index is 10.2. The molecule has 0 saturated heterocycles. The summed E-state index contributed by atoms with van der Waals surface area (Å²) in [5, 5.41) is 23.1. The highest BCUT2D eigenvalue weighted by atomic mass is 16.3. The van der Waals surface area contributed by atoms with Crippen LogP contribution in [0.4, 0.5) is 11.6 Å². The molecule has 3 N–H and O–H groups in total. The Balaban J connectivity index is 1.76. The third-order valence-electron chi connectivity index (χ3n) is 5.24. The number of anilines is 2. The maximum absolute atomic E-state index is 10.2. The van der Waals surface area contributed by atoms with Crippen molar-refractivity contribution in [3.63, 3.8) is 0 Å². The Kier molecular flexibility index (Phi) is 5.67. The zero-order valence-electron chi connectivity index (χ0n) is 16.6. The minimum Gasteiger partial charge on any atom is -0.394 e. The zero-order chi connectivity index (χ0) is 19.6. The van der Waals surface area contributed by atoms with Crippen LogP contribution in [0.3, 0.4) is 0 Å². The van der Waals surface area contributed by atoms with E-state index in [9.17, 15) is 10.2 Å². The van der Waals surface area contributed by atoms with E-state index in [4.69, 9.17) is 0 Å². The second-order valence-electron chi connectivity index (χ2n) is 8.15. The van der Waals surface area contributed by atoms with Gasteiger partial charge in [0.05, 0.1) is 18.2 Å². The van der Waals surface area contributed by atoms with Gasteiger partial charge in [-0.25, -0.2) is 9.97 Å². The number of nitrogens with zero attached hydrogens (tertiary/aromatic N) is 3. The number of hydrogen-bond acceptors (Lipinski definition) is 6. The number of rotatable bonds is 6. The van der Waals surface area contributed by atoms with Crippen molar-refractivity contribution in [3.05, 3.63) is 47.3 Å². The number of aliphatic hydroxyl groups is 2. The van der Waals surface area contributed by atoms with Gasteiger partial charge in [0.1, 0.15) is 18.0 Å². The smallest absolute Gasteiger partial charge is 0.134 e. The molecule has 0 fully saturated rings. The Bertz CT molecular complexity index is 786. The molecule has 6 nitrogen and oxygen atoms in total. The molecule has 1 atom stereocenters. The second-order valence-corrected chi connectivity index (χ2v) is 8.15. The largest absolute Gasteiger partial charge is 0.394 e. The summed E-state index contributed by atoms with van der Waals surface area (Å²) in [5.41, 5.74) is 2.68. The van der Waals surface area contributed by atoms with Crippen LogP contribution in [0.2, 0.25) is 0 Å². The Hall–Kier alpha value is -2.18. The summed E-state index contributed by atoms with van der Waals surface area (Å²) in [6.07, 6.45) is 2.48. The highest BCUT2D eigenvalue weighted by Crippen LogP contribution is 2.28. The number of aromatic nitrogens is 2. The fraction of sp³-hybridized carbons (Fsp3) is 0.524. The molecular weight excluding hydrogens is 340 g/mol. The van der Waals surface area contributed by atoms with Crippen molar-refractivity contribution in [1.29, 1.82) is 0 Å². The van der Waals surface area contributed by atoms with Gasteiger partial charge in [-0.1, -0.05) is 32.0 Å². The summed E-state index contributed by atoms with van der Waals surface area (Å²) < 4.78 is 0. The van der Waals surface area contributed by atoms with Crippen LogP contribution < -0.4 is 10.2 Å². The third kappa shape index (κ3) is 4.57. The molecule has 0 aliphatic carbocycles. The number of nitrogens with one attached hydrogen (secondary N) is 1. The number of benzene rings is 1. The van der Waals surface area contributed by atoms with E-state index < -0.39 is 5.60 Å². The Morgan fingerprint density at radius 1 is 1.19 bits per heavy atom. The first-order valence-corrected chi connectivity index (χ1v) is 9.57. The lowest BCUT2D eigenvalue weighted by Crippen LogP contribution is -2.32. The zero-order valence-corrected chi connectivity index (χ0v) is 16.6. The predicted octanol–water partition coefficient (Wildman–Crippen LogP) is 2.70. The van der Waals surface area contributed by atoms with Gasteiger partial charge in [-0.05, 0) is 42.9 Å². The summed E-state index contributed by atoms with van der Waals surface area (Å²) in [7, 11) is 0. The summed E-state index contributed by atoms with van der Waals surface area (Å²) in [6, 6.07) is 8.14. The molecule has 2 heterocycles. The van der Waals surface area contributed by atoms with Gasteiger partial charge in [0.2, 0.25) is 0 Å². The van der Waals surface area contributed by atoms with Gasteiger partial charge in [0, 0.05) is 19.2 Å². The molecule has 1 aliphatic rings. The Morgan fingerprint density at radius 3 is 2.63 bits per heavy atom. The lowest BCUT2D eigenvalue weighted by Gasteiger charge is -2.31. The molecule has 1 aromatic heterocycles. The lowest BCUT2D eigenvalue weighted by atomic mass is 9.91. The van der Waals surface area contributed by atoms with E-state index in [0.29, 0.717) is 5.92 Å². The van der Waals surface area contributed by atoms with Crippen molar-refractivity contribution >= 4 is 11.6 Å². The molecule has 0 bridgehead atoms. The summed E-state index contributed by atoms with van der Waals surface area (Å²) in [4.78, 5) is 11.0. The fourth-order valence-electron chi connectivity index (χ4n) is 3.34. The van der Waals surface area contributed by atoms with Gasteiger partial charge in [0.25, 0.3) is 0 Å². The molecule has 146 valence electrons. The van der Waals surface area contributed by atoms with E-state index in [1.165, 1.54) is 11.1 Å². The first kappa shape index (κ1) is 19.6. The normalized spacial score (nSPS) is 15.6. The van der Waals surface area contributed by atoms with Crippen molar-refractivity contribution in [1.82, 2.24) is 9.97 Å². The SMILES string of the molecule is CC(C)[C@H](CO)Nc1cc(N2CCc3cc(C(C)(C)O)ccc3C2)ncn1. The van der Waals surface area contributed by atoms with Crippen molar-refractivity contribution in [2.45, 2.75) is 52.3 Å². The van der Waals surface area contributed by atoms with E-state index in [2.05, 4.69) is 46.2 Å².